The molecule has 17 heavy (non-hydrogen) atoms. The van der Waals surface area contributed by atoms with Crippen molar-refractivity contribution in [3.63, 3.8) is 0 Å². The number of ether oxygens (including phenoxy) is 1. The summed E-state index contributed by atoms with van der Waals surface area (Å²) in [6.45, 7) is 5.64. The summed E-state index contributed by atoms with van der Waals surface area (Å²) in [4.78, 5) is 14.4. The fourth-order valence-electron chi connectivity index (χ4n) is 3.09. The minimum absolute atomic E-state index is 0.140. The first-order valence-corrected chi connectivity index (χ1v) is 7.15. The SMILES string of the molecule is CCCC1CCCCN1CC1COCCC1=O. The molecule has 2 fully saturated rings. The summed E-state index contributed by atoms with van der Waals surface area (Å²) in [7, 11) is 0. The lowest BCUT2D eigenvalue weighted by Crippen LogP contribution is -2.45. The molecule has 0 amide bonds. The number of hydrogen-bond acceptors (Lipinski definition) is 3. The molecule has 0 radical (unpaired) electrons. The Morgan fingerprint density at radius 2 is 2.29 bits per heavy atom. The van der Waals surface area contributed by atoms with Crippen LogP contribution in [0.3, 0.4) is 0 Å². The maximum absolute atomic E-state index is 11.8. The molecule has 0 spiro atoms. The molecule has 2 saturated heterocycles. The number of nitrogens with zero attached hydrogens (tertiary/aromatic N) is 1. The van der Waals surface area contributed by atoms with E-state index < -0.39 is 0 Å². The Labute approximate surface area is 105 Å². The van der Waals surface area contributed by atoms with Crippen molar-refractivity contribution in [2.24, 2.45) is 5.92 Å². The molecule has 3 heteroatoms. The second kappa shape index (κ2) is 6.50. The molecule has 2 heterocycles. The molecular formula is C14H25NO2. The minimum atomic E-state index is 0.140. The first-order chi connectivity index (χ1) is 8.31. The topological polar surface area (TPSA) is 29.5 Å². The van der Waals surface area contributed by atoms with Crippen LogP contribution in [0, 0.1) is 5.92 Å². The van der Waals surface area contributed by atoms with Crippen molar-refractivity contribution in [1.29, 1.82) is 0 Å². The number of Topliss-reactive ketones (excluding diaryl/α,β-unsaturated/α-hetero) is 1. The van der Waals surface area contributed by atoms with E-state index in [0.717, 1.165) is 6.54 Å². The first kappa shape index (κ1) is 13.0. The van der Waals surface area contributed by atoms with Crippen LogP contribution in [0.5, 0.6) is 0 Å². The summed E-state index contributed by atoms with van der Waals surface area (Å²) in [6, 6.07) is 0.712. The third-order valence-corrected chi connectivity index (χ3v) is 4.09. The second-order valence-electron chi connectivity index (χ2n) is 5.42. The van der Waals surface area contributed by atoms with Crippen LogP contribution in [0.25, 0.3) is 0 Å². The van der Waals surface area contributed by atoms with Gasteiger partial charge in [0, 0.05) is 19.0 Å². The van der Waals surface area contributed by atoms with Crippen LogP contribution in [0.4, 0.5) is 0 Å². The first-order valence-electron chi connectivity index (χ1n) is 7.15. The highest BCUT2D eigenvalue weighted by atomic mass is 16.5. The summed E-state index contributed by atoms with van der Waals surface area (Å²) in [5.74, 6) is 0.554. The molecular weight excluding hydrogens is 214 g/mol. The predicted molar refractivity (Wildman–Crippen MR) is 68.1 cm³/mol. The van der Waals surface area contributed by atoms with Gasteiger partial charge in [-0.2, -0.15) is 0 Å². The molecule has 2 aliphatic heterocycles. The lowest BCUT2D eigenvalue weighted by molar-refractivity contribution is -0.131. The molecule has 0 aromatic rings. The Balaban J connectivity index is 1.88. The van der Waals surface area contributed by atoms with Crippen molar-refractivity contribution >= 4 is 5.78 Å². The molecule has 98 valence electrons. The molecule has 0 aromatic heterocycles. The Hall–Kier alpha value is -0.410. The van der Waals surface area contributed by atoms with E-state index in [1.54, 1.807) is 0 Å². The highest BCUT2D eigenvalue weighted by Crippen LogP contribution is 2.23. The van der Waals surface area contributed by atoms with Gasteiger partial charge >= 0.3 is 0 Å². The molecule has 0 N–H and O–H groups in total. The van der Waals surface area contributed by atoms with E-state index in [2.05, 4.69) is 11.8 Å². The second-order valence-corrected chi connectivity index (χ2v) is 5.42. The van der Waals surface area contributed by atoms with Crippen molar-refractivity contribution in [3.05, 3.63) is 0 Å². The van der Waals surface area contributed by atoms with E-state index in [1.807, 2.05) is 0 Å². The van der Waals surface area contributed by atoms with Gasteiger partial charge in [-0.25, -0.2) is 0 Å². The van der Waals surface area contributed by atoms with Gasteiger partial charge in [0.1, 0.15) is 5.78 Å². The van der Waals surface area contributed by atoms with Gasteiger partial charge in [-0.15, -0.1) is 0 Å². The van der Waals surface area contributed by atoms with Crippen LogP contribution < -0.4 is 0 Å². The van der Waals surface area contributed by atoms with Crippen molar-refractivity contribution in [2.45, 2.75) is 51.5 Å². The number of ketones is 1. The third-order valence-electron chi connectivity index (χ3n) is 4.09. The van der Waals surface area contributed by atoms with Crippen LogP contribution in [-0.2, 0) is 9.53 Å². The largest absolute Gasteiger partial charge is 0.380 e. The summed E-state index contributed by atoms with van der Waals surface area (Å²) in [5.41, 5.74) is 0. The molecule has 3 nitrogen and oxygen atoms in total. The van der Waals surface area contributed by atoms with Gasteiger partial charge in [-0.05, 0) is 25.8 Å². The van der Waals surface area contributed by atoms with E-state index in [1.165, 1.54) is 38.6 Å². The van der Waals surface area contributed by atoms with Gasteiger partial charge in [-0.3, -0.25) is 9.69 Å². The Bertz CT molecular complexity index is 253. The number of rotatable bonds is 4. The number of carbonyl (C=O) groups is 1. The Kier molecular flexibility index (Phi) is 4.99. The van der Waals surface area contributed by atoms with E-state index >= 15 is 0 Å². The zero-order valence-electron chi connectivity index (χ0n) is 11.0. The average molecular weight is 239 g/mol. The predicted octanol–water partition coefficient (Wildman–Crippen LogP) is 2.25. The average Bonchev–Trinajstić information content (AvgIpc) is 2.35. The van der Waals surface area contributed by atoms with Crippen LogP contribution in [-0.4, -0.2) is 43.0 Å². The highest BCUT2D eigenvalue weighted by Gasteiger charge is 2.29. The Morgan fingerprint density at radius 1 is 1.41 bits per heavy atom. The molecule has 0 aromatic carbocycles. The fourth-order valence-corrected chi connectivity index (χ4v) is 3.09. The standard InChI is InChI=1S/C14H25NO2/c1-2-5-13-6-3-4-8-15(13)10-12-11-17-9-7-14(12)16/h12-13H,2-11H2,1H3. The summed E-state index contributed by atoms with van der Waals surface area (Å²) in [5, 5.41) is 0. The van der Waals surface area contributed by atoms with Crippen molar-refractivity contribution in [1.82, 2.24) is 4.90 Å². The zero-order chi connectivity index (χ0) is 12.1. The van der Waals surface area contributed by atoms with Crippen molar-refractivity contribution < 1.29 is 9.53 Å². The summed E-state index contributed by atoms with van der Waals surface area (Å²) >= 11 is 0. The lowest BCUT2D eigenvalue weighted by Gasteiger charge is -2.38. The van der Waals surface area contributed by atoms with Crippen LogP contribution in [0.2, 0.25) is 0 Å². The molecule has 0 aliphatic carbocycles. The quantitative estimate of drug-likeness (QED) is 0.753. The maximum Gasteiger partial charge on any atom is 0.141 e. The monoisotopic (exact) mass is 239 g/mol. The van der Waals surface area contributed by atoms with Gasteiger partial charge in [-0.1, -0.05) is 19.8 Å². The summed E-state index contributed by atoms with van der Waals surface area (Å²) in [6.07, 6.45) is 7.11. The highest BCUT2D eigenvalue weighted by molar-refractivity contribution is 5.82. The number of piperidine rings is 1. The van der Waals surface area contributed by atoms with Crippen molar-refractivity contribution in [3.8, 4) is 0 Å². The number of carbonyl (C=O) groups excluding carboxylic acids is 1. The van der Waals surface area contributed by atoms with Gasteiger partial charge < -0.3 is 4.74 Å². The summed E-state index contributed by atoms with van der Waals surface area (Å²) < 4.78 is 5.44. The fraction of sp³-hybridized carbons (Fsp3) is 0.929. The third kappa shape index (κ3) is 3.52. The molecule has 2 atom stereocenters. The minimum Gasteiger partial charge on any atom is -0.380 e. The van der Waals surface area contributed by atoms with Gasteiger partial charge in [0.2, 0.25) is 0 Å². The molecule has 2 rings (SSSR count). The Morgan fingerprint density at radius 3 is 3.06 bits per heavy atom. The smallest absolute Gasteiger partial charge is 0.141 e. The lowest BCUT2D eigenvalue weighted by atomic mass is 9.94. The normalized spacial score (nSPS) is 31.7. The molecule has 2 unspecified atom stereocenters. The van der Waals surface area contributed by atoms with Gasteiger partial charge in [0.25, 0.3) is 0 Å². The molecule has 0 bridgehead atoms. The number of likely N-dealkylation sites (tertiary alicyclic amines) is 1. The van der Waals surface area contributed by atoms with E-state index in [9.17, 15) is 4.79 Å². The van der Waals surface area contributed by atoms with Crippen LogP contribution in [0.15, 0.2) is 0 Å². The zero-order valence-corrected chi connectivity index (χ0v) is 11.0. The van der Waals surface area contributed by atoms with Crippen LogP contribution >= 0.6 is 0 Å². The van der Waals surface area contributed by atoms with E-state index in [4.69, 9.17) is 4.74 Å². The van der Waals surface area contributed by atoms with Gasteiger partial charge in [0.15, 0.2) is 0 Å². The van der Waals surface area contributed by atoms with Gasteiger partial charge in [0.05, 0.1) is 19.1 Å². The molecule has 2 aliphatic rings. The van der Waals surface area contributed by atoms with E-state index in [0.29, 0.717) is 31.5 Å². The van der Waals surface area contributed by atoms with Crippen molar-refractivity contribution in [2.75, 3.05) is 26.3 Å². The molecule has 0 saturated carbocycles. The van der Waals surface area contributed by atoms with E-state index in [-0.39, 0.29) is 5.92 Å². The number of hydrogen-bond donors (Lipinski definition) is 0. The maximum atomic E-state index is 11.8. The van der Waals surface area contributed by atoms with Crippen LogP contribution in [0.1, 0.15) is 45.4 Å².